The molecule has 2 aliphatic carbocycles. The predicted molar refractivity (Wildman–Crippen MR) is 75.2 cm³/mol. The largest absolute Gasteiger partial charge is 1.00 e. The van der Waals surface area contributed by atoms with Gasteiger partial charge >= 0.3 is 0 Å². The molecule has 2 rings (SSSR count). The molecule has 2 saturated carbocycles. The normalized spacial score (nSPS) is 23.6. The Morgan fingerprint density at radius 3 is 1.59 bits per heavy atom. The van der Waals surface area contributed by atoms with Gasteiger partial charge in [0.1, 0.15) is 0 Å². The smallest absolute Gasteiger partial charge is 0.0915 e. The van der Waals surface area contributed by atoms with Gasteiger partial charge in [-0.2, -0.15) is 0 Å². The molecule has 1 nitrogen and oxygen atoms in total. The lowest BCUT2D eigenvalue weighted by Crippen LogP contribution is -2.92. The molecule has 0 aromatic heterocycles. The van der Waals surface area contributed by atoms with Crippen molar-refractivity contribution in [3.05, 3.63) is 0 Å². The van der Waals surface area contributed by atoms with E-state index in [2.05, 4.69) is 12.2 Å². The second-order valence-electron chi connectivity index (χ2n) is 6.02. The van der Waals surface area contributed by atoms with Crippen molar-refractivity contribution in [2.24, 2.45) is 11.8 Å². The fraction of sp³-hybridized carbons (Fsp3) is 1.00. The summed E-state index contributed by atoms with van der Waals surface area (Å²) in [5, 5.41) is 2.67. The van der Waals surface area contributed by atoms with Crippen molar-refractivity contribution in [3.8, 4) is 0 Å². The van der Waals surface area contributed by atoms with Crippen molar-refractivity contribution in [1.29, 1.82) is 0 Å². The highest BCUT2D eigenvalue weighted by atomic mass is 14.9. The summed E-state index contributed by atoms with van der Waals surface area (Å²) in [6.45, 7) is 3.62. The third kappa shape index (κ3) is 4.32. The molecular weight excluding hydrogens is 205 g/mol. The van der Waals surface area contributed by atoms with E-state index in [-0.39, 0.29) is 8.41 Å². The van der Waals surface area contributed by atoms with E-state index in [9.17, 15) is 0 Å². The lowest BCUT2D eigenvalue weighted by Gasteiger charge is -2.35. The summed E-state index contributed by atoms with van der Waals surface area (Å²) < 4.78 is 0. The molecule has 0 unspecified atom stereocenters. The zero-order valence-electron chi connectivity index (χ0n) is 11.7. The summed E-state index contributed by atoms with van der Waals surface area (Å²) in [7, 11) is 0. The summed E-state index contributed by atoms with van der Waals surface area (Å²) in [4.78, 5) is 0. The number of quaternary nitrogens is 1. The standard InChI is InChI=1S/C15H29N.B/c1-2-16-15(13-9-5-3-6-10-13)14-11-7-4-8-12-14;/h13-16H,2-12H2,1H3;/q;-1/p+1. The molecule has 17 heavy (non-hydrogen) atoms. The molecule has 0 saturated heterocycles. The Kier molecular flexibility index (Phi) is 7.26. The van der Waals surface area contributed by atoms with Crippen molar-refractivity contribution in [2.45, 2.75) is 77.2 Å². The summed E-state index contributed by atoms with van der Waals surface area (Å²) in [6, 6.07) is 0.977. The lowest BCUT2D eigenvalue weighted by molar-refractivity contribution is -0.701. The SMILES string of the molecule is CC[NH2+]C(C1CCCCC1)C1CCCCC1.[B-]. The molecule has 0 amide bonds. The Morgan fingerprint density at radius 1 is 0.824 bits per heavy atom. The van der Waals surface area contributed by atoms with E-state index < -0.39 is 0 Å². The highest BCUT2D eigenvalue weighted by Gasteiger charge is 2.33. The highest BCUT2D eigenvalue weighted by molar-refractivity contribution is 5.75. The van der Waals surface area contributed by atoms with Crippen LogP contribution in [-0.4, -0.2) is 21.0 Å². The van der Waals surface area contributed by atoms with Gasteiger partial charge < -0.3 is 13.7 Å². The molecule has 0 aromatic rings. The third-order valence-corrected chi connectivity index (χ3v) is 4.90. The number of rotatable bonds is 4. The zero-order valence-corrected chi connectivity index (χ0v) is 11.7. The first-order chi connectivity index (χ1) is 7.92. The van der Waals surface area contributed by atoms with Crippen molar-refractivity contribution < 1.29 is 5.32 Å². The molecule has 0 spiro atoms. The van der Waals surface area contributed by atoms with Crippen LogP contribution in [0, 0.1) is 11.8 Å². The monoisotopic (exact) mass is 235 g/mol. The molecule has 2 fully saturated rings. The summed E-state index contributed by atoms with van der Waals surface area (Å²) in [5.74, 6) is 2.11. The maximum Gasteiger partial charge on any atom is 0.0915 e. The van der Waals surface area contributed by atoms with Crippen LogP contribution in [0.2, 0.25) is 0 Å². The predicted octanol–water partition coefficient (Wildman–Crippen LogP) is 2.72. The Hall–Kier alpha value is 0.0249. The molecule has 0 aromatic carbocycles. The van der Waals surface area contributed by atoms with E-state index in [0.717, 1.165) is 17.9 Å². The van der Waals surface area contributed by atoms with Crippen LogP contribution in [0.15, 0.2) is 0 Å². The van der Waals surface area contributed by atoms with Crippen LogP contribution in [0.25, 0.3) is 0 Å². The molecule has 0 heterocycles. The van der Waals surface area contributed by atoms with Crippen LogP contribution in [0.4, 0.5) is 0 Å². The number of nitrogens with two attached hydrogens (primary N) is 1. The molecule has 2 aliphatic rings. The van der Waals surface area contributed by atoms with Gasteiger partial charge in [0.15, 0.2) is 0 Å². The molecule has 0 aliphatic heterocycles. The van der Waals surface area contributed by atoms with E-state index in [0.29, 0.717) is 0 Å². The van der Waals surface area contributed by atoms with Gasteiger partial charge in [-0.1, -0.05) is 38.5 Å². The lowest BCUT2D eigenvalue weighted by atomic mass is 9.74. The molecule has 98 valence electrons. The highest BCUT2D eigenvalue weighted by Crippen LogP contribution is 2.33. The molecule has 4 radical (unpaired) electrons. The van der Waals surface area contributed by atoms with E-state index in [1.54, 1.807) is 0 Å². The van der Waals surface area contributed by atoms with Gasteiger partial charge in [0.05, 0.1) is 12.6 Å². The minimum absolute atomic E-state index is 0. The van der Waals surface area contributed by atoms with Gasteiger partial charge in [-0.3, -0.25) is 0 Å². The van der Waals surface area contributed by atoms with Crippen LogP contribution in [0.3, 0.4) is 0 Å². The Labute approximate surface area is 110 Å². The van der Waals surface area contributed by atoms with E-state index >= 15 is 0 Å². The minimum atomic E-state index is 0. The van der Waals surface area contributed by atoms with Gasteiger partial charge in [0, 0.05) is 11.8 Å². The van der Waals surface area contributed by atoms with Gasteiger partial charge in [-0.05, 0) is 32.6 Å². The maximum absolute atomic E-state index is 2.67. The van der Waals surface area contributed by atoms with E-state index in [1.807, 2.05) is 0 Å². The number of hydrogen-bond donors (Lipinski definition) is 1. The number of hydrogen-bond acceptors (Lipinski definition) is 0. The first-order valence-electron chi connectivity index (χ1n) is 7.75. The van der Waals surface area contributed by atoms with Crippen LogP contribution in [-0.2, 0) is 0 Å². The van der Waals surface area contributed by atoms with Crippen molar-refractivity contribution >= 4 is 8.41 Å². The summed E-state index contributed by atoms with van der Waals surface area (Å²) in [5.41, 5.74) is 0. The summed E-state index contributed by atoms with van der Waals surface area (Å²) in [6.07, 6.45) is 15.1. The van der Waals surface area contributed by atoms with Crippen molar-refractivity contribution in [3.63, 3.8) is 0 Å². The van der Waals surface area contributed by atoms with Crippen molar-refractivity contribution in [1.82, 2.24) is 0 Å². The van der Waals surface area contributed by atoms with Crippen molar-refractivity contribution in [2.75, 3.05) is 6.54 Å². The molecule has 2 N–H and O–H groups in total. The van der Waals surface area contributed by atoms with Crippen LogP contribution in [0.1, 0.15) is 71.1 Å². The second-order valence-corrected chi connectivity index (χ2v) is 6.02. The maximum atomic E-state index is 2.67. The average Bonchev–Trinajstić information content (AvgIpc) is 2.38. The summed E-state index contributed by atoms with van der Waals surface area (Å²) >= 11 is 0. The fourth-order valence-corrected chi connectivity index (χ4v) is 4.08. The van der Waals surface area contributed by atoms with E-state index in [4.69, 9.17) is 0 Å². The molecule has 0 atom stereocenters. The topological polar surface area (TPSA) is 16.6 Å². The van der Waals surface area contributed by atoms with E-state index in [1.165, 1.54) is 70.8 Å². The van der Waals surface area contributed by atoms with Gasteiger partial charge in [-0.15, -0.1) is 0 Å². The quantitative estimate of drug-likeness (QED) is 0.721. The van der Waals surface area contributed by atoms with Gasteiger partial charge in [0.2, 0.25) is 0 Å². The minimum Gasteiger partial charge on any atom is -1.00 e. The van der Waals surface area contributed by atoms with Crippen LogP contribution < -0.4 is 5.32 Å². The Morgan fingerprint density at radius 2 is 1.24 bits per heavy atom. The zero-order chi connectivity index (χ0) is 11.2. The Balaban J connectivity index is 0.00000144. The second kappa shape index (κ2) is 8.18. The van der Waals surface area contributed by atoms with Gasteiger partial charge in [0.25, 0.3) is 0 Å². The first-order valence-corrected chi connectivity index (χ1v) is 7.75. The Bertz CT molecular complexity index is 165. The molecule has 2 heteroatoms. The van der Waals surface area contributed by atoms with Gasteiger partial charge in [-0.25, -0.2) is 0 Å². The third-order valence-electron chi connectivity index (χ3n) is 4.90. The molecule has 0 bridgehead atoms. The van der Waals surface area contributed by atoms with Crippen LogP contribution >= 0.6 is 0 Å². The fourth-order valence-electron chi connectivity index (χ4n) is 4.08. The van der Waals surface area contributed by atoms with Crippen LogP contribution in [0.5, 0.6) is 0 Å². The first kappa shape index (κ1) is 15.1. The average molecular weight is 235 g/mol. The molecular formula is C15H30BN.